The van der Waals surface area contributed by atoms with Crippen molar-refractivity contribution in [1.29, 1.82) is 0 Å². The second-order valence-corrected chi connectivity index (χ2v) is 5.62. The van der Waals surface area contributed by atoms with Crippen molar-refractivity contribution in [2.75, 3.05) is 7.05 Å². The first-order chi connectivity index (χ1) is 8.12. The molecule has 0 heterocycles. The average Bonchev–Trinajstić information content (AvgIpc) is 2.35. The molecule has 1 nitrogen and oxygen atoms in total. The first-order valence-electron chi connectivity index (χ1n) is 6.55. The molecule has 0 saturated carbocycles. The highest BCUT2D eigenvalue weighted by Gasteiger charge is 2.14. The number of aryl methyl sites for hydroxylation is 1. The van der Waals surface area contributed by atoms with Gasteiger partial charge in [-0.1, -0.05) is 54.8 Å². The van der Waals surface area contributed by atoms with Gasteiger partial charge in [-0.3, -0.25) is 0 Å². The van der Waals surface area contributed by atoms with E-state index in [2.05, 4.69) is 67.3 Å². The molecule has 0 aliphatic carbocycles. The Labute approximate surface area is 114 Å². The van der Waals surface area contributed by atoms with Crippen molar-refractivity contribution in [3.8, 4) is 0 Å². The predicted molar refractivity (Wildman–Crippen MR) is 79.4 cm³/mol. The van der Waals surface area contributed by atoms with Gasteiger partial charge in [-0.25, -0.2) is 0 Å². The van der Waals surface area contributed by atoms with Crippen molar-refractivity contribution in [2.24, 2.45) is 5.92 Å². The van der Waals surface area contributed by atoms with Gasteiger partial charge in [0.15, 0.2) is 0 Å². The average molecular weight is 298 g/mol. The van der Waals surface area contributed by atoms with E-state index in [-0.39, 0.29) is 0 Å². The maximum absolute atomic E-state index is 3.56. The molecule has 0 spiro atoms. The minimum atomic E-state index is 0.478. The van der Waals surface area contributed by atoms with Gasteiger partial charge in [0, 0.05) is 10.5 Å². The summed E-state index contributed by atoms with van der Waals surface area (Å²) in [5, 5.41) is 3.45. The molecule has 0 saturated heterocycles. The molecule has 96 valence electrons. The number of hydrogen-bond acceptors (Lipinski definition) is 1. The zero-order chi connectivity index (χ0) is 12.8. The molecule has 1 rings (SSSR count). The van der Waals surface area contributed by atoms with Crippen LogP contribution in [0.5, 0.6) is 0 Å². The molecule has 1 aromatic carbocycles. The molecule has 1 atom stereocenters. The molecule has 1 unspecified atom stereocenters. The van der Waals surface area contributed by atoms with Gasteiger partial charge >= 0.3 is 0 Å². The Morgan fingerprint density at radius 2 is 1.88 bits per heavy atom. The lowest BCUT2D eigenvalue weighted by Gasteiger charge is -2.22. The zero-order valence-corrected chi connectivity index (χ0v) is 13.0. The lowest BCUT2D eigenvalue weighted by Crippen LogP contribution is -2.19. The van der Waals surface area contributed by atoms with E-state index < -0.39 is 0 Å². The quantitative estimate of drug-likeness (QED) is 0.792. The molecular weight excluding hydrogens is 274 g/mol. The van der Waals surface area contributed by atoms with Crippen LogP contribution in [-0.4, -0.2) is 7.05 Å². The van der Waals surface area contributed by atoms with Crippen LogP contribution in [0, 0.1) is 12.8 Å². The topological polar surface area (TPSA) is 12.0 Å². The van der Waals surface area contributed by atoms with Crippen LogP contribution in [0.1, 0.15) is 50.3 Å². The zero-order valence-electron chi connectivity index (χ0n) is 11.4. The normalized spacial score (nSPS) is 13.1. The fourth-order valence-corrected chi connectivity index (χ4v) is 2.51. The number of nitrogens with one attached hydrogen (secondary N) is 1. The Morgan fingerprint density at radius 3 is 2.35 bits per heavy atom. The third-order valence-corrected chi connectivity index (χ3v) is 4.55. The second-order valence-electron chi connectivity index (χ2n) is 4.77. The van der Waals surface area contributed by atoms with E-state index in [1.807, 2.05) is 0 Å². The second kappa shape index (κ2) is 7.17. The fraction of sp³-hybridized carbons (Fsp3) is 0.600. The highest BCUT2D eigenvalue weighted by molar-refractivity contribution is 9.10. The molecular formula is C15H24BrN. The first-order valence-corrected chi connectivity index (χ1v) is 7.34. The molecule has 0 bridgehead atoms. The summed E-state index contributed by atoms with van der Waals surface area (Å²) >= 11 is 3.56. The van der Waals surface area contributed by atoms with E-state index in [0.29, 0.717) is 6.04 Å². The molecule has 0 aromatic heterocycles. The van der Waals surface area contributed by atoms with Gasteiger partial charge in [-0.2, -0.15) is 0 Å². The molecule has 0 amide bonds. The summed E-state index contributed by atoms with van der Waals surface area (Å²) in [5.74, 6) is 0.816. The Hall–Kier alpha value is -0.340. The Morgan fingerprint density at radius 1 is 1.24 bits per heavy atom. The largest absolute Gasteiger partial charge is 0.313 e. The highest BCUT2D eigenvalue weighted by atomic mass is 79.9. The summed E-state index contributed by atoms with van der Waals surface area (Å²) in [6.07, 6.45) is 3.76. The van der Waals surface area contributed by atoms with Gasteiger partial charge in [0.2, 0.25) is 0 Å². The Bertz CT molecular complexity index is 345. The molecule has 0 aliphatic rings. The van der Waals surface area contributed by atoms with Crippen molar-refractivity contribution >= 4 is 15.9 Å². The highest BCUT2D eigenvalue weighted by Crippen LogP contribution is 2.27. The number of hydrogen-bond donors (Lipinski definition) is 1. The van der Waals surface area contributed by atoms with Gasteiger partial charge in [-0.15, -0.1) is 0 Å². The summed E-state index contributed by atoms with van der Waals surface area (Å²) in [6, 6.07) is 7.14. The minimum Gasteiger partial charge on any atom is -0.313 e. The third-order valence-electron chi connectivity index (χ3n) is 3.66. The fourth-order valence-electron chi connectivity index (χ4n) is 2.26. The van der Waals surface area contributed by atoms with Crippen LogP contribution in [0.15, 0.2) is 22.7 Å². The third kappa shape index (κ3) is 4.11. The molecule has 0 radical (unpaired) electrons. The smallest absolute Gasteiger partial charge is 0.0320 e. The first kappa shape index (κ1) is 14.7. The number of rotatable bonds is 6. The maximum atomic E-state index is 3.56. The lowest BCUT2D eigenvalue weighted by atomic mass is 9.91. The molecule has 0 aliphatic heterocycles. The minimum absolute atomic E-state index is 0.478. The van der Waals surface area contributed by atoms with Crippen LogP contribution >= 0.6 is 15.9 Å². The SMILES string of the molecule is CCC(CC)CC(NC)c1ccc(Br)c(C)c1. The van der Waals surface area contributed by atoms with Crippen molar-refractivity contribution in [3.63, 3.8) is 0 Å². The van der Waals surface area contributed by atoms with E-state index in [1.54, 1.807) is 0 Å². The van der Waals surface area contributed by atoms with Gasteiger partial charge < -0.3 is 5.32 Å². The monoisotopic (exact) mass is 297 g/mol. The summed E-state index contributed by atoms with van der Waals surface area (Å²) < 4.78 is 1.19. The van der Waals surface area contributed by atoms with E-state index >= 15 is 0 Å². The standard InChI is InChI=1S/C15H24BrN/c1-5-12(6-2)10-15(17-4)13-7-8-14(16)11(3)9-13/h7-9,12,15,17H,5-6,10H2,1-4H3. The van der Waals surface area contributed by atoms with Crippen LogP contribution in [0.4, 0.5) is 0 Å². The van der Waals surface area contributed by atoms with E-state index in [4.69, 9.17) is 0 Å². The van der Waals surface area contributed by atoms with Crippen molar-refractivity contribution < 1.29 is 0 Å². The Balaban J connectivity index is 2.82. The van der Waals surface area contributed by atoms with Gasteiger partial charge in [0.1, 0.15) is 0 Å². The van der Waals surface area contributed by atoms with Crippen LogP contribution < -0.4 is 5.32 Å². The molecule has 0 fully saturated rings. The molecule has 1 N–H and O–H groups in total. The summed E-state index contributed by atoms with van der Waals surface area (Å²) in [7, 11) is 2.06. The molecule has 2 heteroatoms. The van der Waals surface area contributed by atoms with Crippen molar-refractivity contribution in [1.82, 2.24) is 5.32 Å². The lowest BCUT2D eigenvalue weighted by molar-refractivity contribution is 0.385. The predicted octanol–water partition coefficient (Wildman–Crippen LogP) is 4.84. The molecule has 17 heavy (non-hydrogen) atoms. The van der Waals surface area contributed by atoms with Crippen LogP contribution in [0.2, 0.25) is 0 Å². The molecule has 1 aromatic rings. The van der Waals surface area contributed by atoms with Crippen LogP contribution in [0.25, 0.3) is 0 Å². The number of halogens is 1. The van der Waals surface area contributed by atoms with E-state index in [0.717, 1.165) is 5.92 Å². The van der Waals surface area contributed by atoms with Gasteiger partial charge in [0.25, 0.3) is 0 Å². The van der Waals surface area contributed by atoms with Crippen molar-refractivity contribution in [2.45, 2.75) is 46.1 Å². The van der Waals surface area contributed by atoms with E-state index in [9.17, 15) is 0 Å². The number of benzene rings is 1. The summed E-state index contributed by atoms with van der Waals surface area (Å²) in [4.78, 5) is 0. The van der Waals surface area contributed by atoms with Gasteiger partial charge in [0.05, 0.1) is 0 Å². The van der Waals surface area contributed by atoms with Crippen molar-refractivity contribution in [3.05, 3.63) is 33.8 Å². The summed E-state index contributed by atoms with van der Waals surface area (Å²) in [5.41, 5.74) is 2.72. The van der Waals surface area contributed by atoms with E-state index in [1.165, 1.54) is 34.9 Å². The summed E-state index contributed by atoms with van der Waals surface area (Å²) in [6.45, 7) is 6.72. The van der Waals surface area contributed by atoms with Crippen LogP contribution in [-0.2, 0) is 0 Å². The van der Waals surface area contributed by atoms with Crippen LogP contribution in [0.3, 0.4) is 0 Å². The Kier molecular flexibility index (Phi) is 6.21. The van der Waals surface area contributed by atoms with Gasteiger partial charge in [-0.05, 0) is 43.5 Å². The maximum Gasteiger partial charge on any atom is 0.0320 e.